The normalized spacial score (nSPS) is 25.0. The quantitative estimate of drug-likeness (QED) is 0.0381. The van der Waals surface area contributed by atoms with Crippen molar-refractivity contribution in [1.29, 1.82) is 0 Å². The Labute approximate surface area is 754 Å². The second-order valence-electron chi connectivity index (χ2n) is 35.9. The highest BCUT2D eigenvalue weighted by atomic mass is 35.5. The van der Waals surface area contributed by atoms with Gasteiger partial charge in [-0.1, -0.05) is 158 Å². The Kier molecular flexibility index (Phi) is 41.9. The predicted molar refractivity (Wildman–Crippen MR) is 485 cm³/mol. The van der Waals surface area contributed by atoms with Crippen LogP contribution in [0, 0.1) is 11.8 Å². The molecular weight excluding hydrogens is 1650 g/mol. The van der Waals surface area contributed by atoms with Gasteiger partial charge in [-0.2, -0.15) is 0 Å². The molecule has 20 N–H and O–H groups in total. The summed E-state index contributed by atoms with van der Waals surface area (Å²) >= 11 is 0. The molecule has 8 heterocycles. The van der Waals surface area contributed by atoms with Crippen molar-refractivity contribution < 1.29 is 83.5 Å². The summed E-state index contributed by atoms with van der Waals surface area (Å²) in [6, 6.07) is 28.9. The third-order valence-corrected chi connectivity index (χ3v) is 24.2. The summed E-state index contributed by atoms with van der Waals surface area (Å²) in [6.07, 6.45) is 7.71. The highest BCUT2D eigenvalue weighted by Crippen LogP contribution is 2.35. The number of halogens is 1. The smallest absolute Gasteiger partial charge is 0.326 e. The Hall–Kier alpha value is -8.47. The average molecular weight is 1800 g/mol. The predicted octanol–water partition coefficient (Wildman–Crippen LogP) is 5.16. The molecule has 0 spiro atoms. The number of hydrogen-bond donors (Lipinski definition) is 19. The summed E-state index contributed by atoms with van der Waals surface area (Å²) in [6.45, 7) is 17.7. The third kappa shape index (κ3) is 30.8. The Morgan fingerprint density at radius 1 is 0.567 bits per heavy atom. The number of nitrogens with one attached hydrogen (secondary N) is 11. The van der Waals surface area contributed by atoms with E-state index in [0.29, 0.717) is 95.9 Å². The van der Waals surface area contributed by atoms with Crippen LogP contribution < -0.4 is 74.6 Å². The maximum atomic E-state index is 14.4. The van der Waals surface area contributed by atoms with E-state index in [9.17, 15) is 64.5 Å². The number of ether oxygens (including phenoxy) is 4. The Balaban J connectivity index is 0.000000258. The lowest BCUT2D eigenvalue weighted by atomic mass is 9.82. The number of carbonyl (C=O) groups is 6. The molecule has 708 valence electrons. The number of aliphatic hydroxyl groups is 6. The molecule has 4 aromatic rings. The van der Waals surface area contributed by atoms with Gasteiger partial charge in [-0.15, -0.1) is 33.7 Å². The van der Waals surface area contributed by atoms with Crippen molar-refractivity contribution in [1.82, 2.24) is 79.2 Å². The zero-order chi connectivity index (χ0) is 89.7. The number of amidine groups is 2. The van der Waals surface area contributed by atoms with E-state index in [2.05, 4.69) is 69.6 Å². The molecule has 4 aromatic carbocycles. The number of amides is 5. The van der Waals surface area contributed by atoms with Gasteiger partial charge in [-0.25, -0.2) is 15.9 Å². The van der Waals surface area contributed by atoms with Gasteiger partial charge in [0.2, 0.25) is 29.5 Å². The summed E-state index contributed by atoms with van der Waals surface area (Å²) in [5.41, 5.74) is 20.5. The summed E-state index contributed by atoms with van der Waals surface area (Å²) in [5.74, 6) is 0.0864. The number of benzene rings is 4. The fourth-order valence-electron chi connectivity index (χ4n) is 17.4. The number of hydrazone groups is 2. The number of carboxylic acids is 1. The topological polar surface area (TPSA) is 477 Å². The van der Waals surface area contributed by atoms with Crippen molar-refractivity contribution in [2.24, 2.45) is 27.8 Å². The Morgan fingerprint density at radius 3 is 1.53 bits per heavy atom. The van der Waals surface area contributed by atoms with Gasteiger partial charge in [0.25, 0.3) is 0 Å². The zero-order valence-corrected chi connectivity index (χ0v) is 75.2. The minimum atomic E-state index is -1.57. The largest absolute Gasteiger partial charge is 0.494 e. The number of nitrogens with zero attached hydrogens (tertiary/aromatic N) is 6. The molecule has 17 atom stereocenters. The van der Waals surface area contributed by atoms with Gasteiger partial charge in [0.15, 0.2) is 11.7 Å². The first kappa shape index (κ1) is 104. The van der Waals surface area contributed by atoms with Gasteiger partial charge in [-0.3, -0.25) is 54.8 Å². The van der Waals surface area contributed by atoms with Crippen LogP contribution in [-0.4, -0.2) is 252 Å². The van der Waals surface area contributed by atoms with Crippen molar-refractivity contribution >= 4 is 59.6 Å². The fourth-order valence-corrected chi connectivity index (χ4v) is 17.4. The monoisotopic (exact) mass is 1800 g/mol. The maximum Gasteiger partial charge on any atom is 0.326 e. The second-order valence-corrected chi connectivity index (χ2v) is 35.9. The van der Waals surface area contributed by atoms with Crippen LogP contribution in [0.3, 0.4) is 0 Å². The minimum Gasteiger partial charge on any atom is -0.494 e. The van der Waals surface area contributed by atoms with Crippen LogP contribution in [0.2, 0.25) is 0 Å². The van der Waals surface area contributed by atoms with E-state index in [4.69, 9.17) is 24.7 Å². The van der Waals surface area contributed by atoms with E-state index in [-0.39, 0.29) is 112 Å². The molecular formula is C91H145ClN18O17. The molecule has 8 aliphatic heterocycles. The molecule has 8 unspecified atom stereocenters. The van der Waals surface area contributed by atoms with E-state index in [1.54, 1.807) is 4.90 Å². The lowest BCUT2D eigenvalue weighted by Crippen LogP contribution is -2.61. The van der Waals surface area contributed by atoms with Crippen molar-refractivity contribution in [2.75, 3.05) is 52.6 Å². The Morgan fingerprint density at radius 2 is 1.04 bits per heavy atom. The number of nitrogens with two attached hydrogens (primary N) is 1. The van der Waals surface area contributed by atoms with Gasteiger partial charge in [0, 0.05) is 44.8 Å². The molecule has 0 aromatic heterocycles. The summed E-state index contributed by atoms with van der Waals surface area (Å²) in [4.78, 5) is 82.1. The lowest BCUT2D eigenvalue weighted by molar-refractivity contribution is -0.150. The number of fused-ring (bicyclic) bond motifs is 22. The molecule has 127 heavy (non-hydrogen) atoms. The minimum absolute atomic E-state index is 0. The SMILES string of the molecule is C.CCCC(N)C(O)[C@H](O)NCC(=O)NC(C1=NNNN1C(C)(C)C)c1ccccc1.CCCC(NC(=O)[C@@H]1C[C@@H]2CN1C(O)[C@H](C1CCCCC1)N[C@@H](O)CCc1ccc(cc1)OCCCO2)C(O)[C@H](O)NCC(=O)NC(C1=NNNN1C(C)(C)C)c1ccccc1.Cl.O=C1CCc2ccc(cc2)OCCCO[C@@H]2C[C@@H](C(=O)O)N(C2)C(=O)[C@H](C2CCCCC2)N1. The summed E-state index contributed by atoms with van der Waals surface area (Å²) < 4.78 is 23.9. The van der Waals surface area contributed by atoms with Crippen molar-refractivity contribution in [3.63, 3.8) is 0 Å². The Bertz CT molecular complexity index is 4060. The highest BCUT2D eigenvalue weighted by molar-refractivity contribution is 5.95. The number of carbonyl (C=O) groups excluding carboxylic acids is 5. The first-order valence-corrected chi connectivity index (χ1v) is 45.1. The molecule has 5 amide bonds. The summed E-state index contributed by atoms with van der Waals surface area (Å²) in [7, 11) is 0. The zero-order valence-electron chi connectivity index (χ0n) is 74.4. The molecule has 8 bridgehead atoms. The van der Waals surface area contributed by atoms with Crippen LogP contribution in [0.1, 0.15) is 226 Å². The van der Waals surface area contributed by atoms with E-state index in [1.165, 1.54) is 4.90 Å². The van der Waals surface area contributed by atoms with E-state index in [0.717, 1.165) is 104 Å². The highest BCUT2D eigenvalue weighted by Gasteiger charge is 2.48. The first-order valence-electron chi connectivity index (χ1n) is 45.1. The van der Waals surface area contributed by atoms with Crippen molar-refractivity contribution in [3.8, 4) is 11.5 Å². The molecule has 2 aliphatic carbocycles. The van der Waals surface area contributed by atoms with Gasteiger partial charge < -0.3 is 86.6 Å². The number of rotatable bonds is 25. The average Bonchev–Trinajstić information content (AvgIpc) is 1.68. The van der Waals surface area contributed by atoms with Crippen LogP contribution in [0.25, 0.3) is 0 Å². The molecule has 4 fully saturated rings. The number of aryl methyl sites for hydroxylation is 2. The second kappa shape index (κ2) is 51.2. The van der Waals surface area contributed by atoms with Crippen molar-refractivity contribution in [3.05, 3.63) is 131 Å². The van der Waals surface area contributed by atoms with Gasteiger partial charge in [0.1, 0.15) is 72.8 Å². The van der Waals surface area contributed by atoms with Gasteiger partial charge in [0.05, 0.1) is 80.9 Å². The van der Waals surface area contributed by atoms with Crippen LogP contribution in [-0.2, 0) is 51.1 Å². The molecule has 2 saturated heterocycles. The van der Waals surface area contributed by atoms with Crippen molar-refractivity contribution in [2.45, 2.75) is 313 Å². The van der Waals surface area contributed by atoms with Gasteiger partial charge >= 0.3 is 5.97 Å². The maximum absolute atomic E-state index is 14.4. The molecule has 35 nitrogen and oxygen atoms in total. The number of aliphatic hydroxyl groups excluding tert-OH is 6. The van der Waals surface area contributed by atoms with E-state index >= 15 is 0 Å². The first-order chi connectivity index (χ1) is 60.0. The standard InChI is InChI=1S/C45H71N9O8.C25H34N2O6.C20H35N7O3.CH4.ClH/c1-5-13-34(40(57)43(59)46-27-37(56)49-38(30-14-8-6-9-15-30)41-50-51-52-54(41)45(2,3)4)47-42(58)35-26-33-28-53(35)44(60)39(31-16-10-7-11-17-31)48-36(55)23-20-29-18-21-32(22-19-29)61-24-12-25-62-33;28-22-12-9-17-7-10-19(11-8-17)32-13-4-14-33-20-15-21(25(30)31)27(16-20)24(29)23(26-22)18-5-2-1-3-6-18;1-5-9-14(21)17(29)19(30)22-12-15(28)23-16(13-10-7-6-8-11-13)18-24-25-26-27(18)20(2,3)4;;/h6,8-9,14-15,18-19,21-22,31,33-36,38-40,43-44,46,48,51-52,55,57,59-60H,5,7,10-13,16-17,20,23-28H2,1-4H3,(H,47,58)(H,49,56);7-8,10-11,18,20-21,23H,1-6,9,12-16H2,(H,26,28)(H,30,31);6-8,10-11,14,16-17,19,22,25-26,29-30H,5,9,12,21H2,1-4H3,(H,23,28);1H4;1H/t33-,34?,35+,36+,38?,39+,40?,43+,44?;20-,21+,23+;14?,16?,17?,19-;;/m110../s1. The number of hydrogen-bond acceptors (Lipinski definition) is 29. The lowest BCUT2D eigenvalue weighted by Gasteiger charge is -2.41. The van der Waals surface area contributed by atoms with E-state index < -0.39 is 103 Å². The summed E-state index contributed by atoms with van der Waals surface area (Å²) in [5, 5.41) is 109. The molecule has 14 rings (SSSR count). The van der Waals surface area contributed by atoms with Crippen LogP contribution in [0.4, 0.5) is 0 Å². The number of carboxylic acid groups (broad SMARTS) is 1. The van der Waals surface area contributed by atoms with Crippen LogP contribution in [0.5, 0.6) is 11.5 Å². The fraction of sp³-hybridized carbons (Fsp3) is 0.648. The third-order valence-electron chi connectivity index (χ3n) is 24.2. The molecule has 0 radical (unpaired) electrons. The van der Waals surface area contributed by atoms with E-state index in [1.807, 2.05) is 175 Å². The molecule has 36 heteroatoms. The number of aliphatic carboxylic acids is 1. The van der Waals surface area contributed by atoms with Gasteiger partial charge in [-0.05, 0) is 164 Å². The van der Waals surface area contributed by atoms with Crippen LogP contribution in [0.15, 0.2) is 119 Å². The molecule has 10 aliphatic rings. The molecule has 2 saturated carbocycles. The number of hydrazine groups is 4. The van der Waals surface area contributed by atoms with Crippen LogP contribution >= 0.6 is 12.4 Å².